The minimum Gasteiger partial charge on any atom is -0.298 e. The molecule has 0 radical (unpaired) electrons. The Balaban J connectivity index is 1.56. The molecule has 2 aromatic rings. The number of nitrogens with zero attached hydrogens (tertiary/aromatic N) is 2. The summed E-state index contributed by atoms with van der Waals surface area (Å²) in [5.41, 5.74) is 5.29. The second kappa shape index (κ2) is 9.22. The van der Waals surface area contributed by atoms with E-state index in [1.165, 1.54) is 6.08 Å². The fourth-order valence-corrected chi connectivity index (χ4v) is 3.25. The lowest BCUT2D eigenvalue weighted by atomic mass is 9.98. The molecule has 2 heterocycles. The number of nitrogens with one attached hydrogen (secondary N) is 2. The Bertz CT molecular complexity index is 764. The lowest BCUT2D eigenvalue weighted by Crippen LogP contribution is -2.51. The number of pyridine rings is 1. The monoisotopic (exact) mass is 366 g/mol. The predicted octanol–water partition coefficient (Wildman–Crippen LogP) is 3.23. The summed E-state index contributed by atoms with van der Waals surface area (Å²) in [7, 11) is 0. The van der Waals surface area contributed by atoms with E-state index in [1.54, 1.807) is 12.3 Å². The van der Waals surface area contributed by atoms with E-state index in [9.17, 15) is 4.79 Å². The van der Waals surface area contributed by atoms with Crippen LogP contribution in [0, 0.1) is 0 Å². The Kier molecular flexibility index (Phi) is 6.46. The average molecular weight is 366 g/mol. The molecular weight excluding hydrogens is 344 g/mol. The number of amides is 1. The smallest absolute Gasteiger partial charge is 0.250 e. The first kappa shape index (κ1) is 18.2. The number of hydrogen-bond donors (Lipinski definition) is 2. The first-order valence-electron chi connectivity index (χ1n) is 8.73. The van der Waals surface area contributed by atoms with Gasteiger partial charge in [-0.25, -0.2) is 5.01 Å². The van der Waals surface area contributed by atoms with Crippen LogP contribution in [-0.2, 0) is 4.79 Å². The van der Waals surface area contributed by atoms with Gasteiger partial charge < -0.3 is 0 Å². The van der Waals surface area contributed by atoms with E-state index in [-0.39, 0.29) is 11.9 Å². The van der Waals surface area contributed by atoms with Crippen molar-refractivity contribution in [1.29, 1.82) is 0 Å². The molecule has 134 valence electrons. The lowest BCUT2D eigenvalue weighted by Gasteiger charge is -2.36. The zero-order valence-electron chi connectivity index (χ0n) is 14.5. The molecule has 1 aromatic carbocycles. The average Bonchev–Trinajstić information content (AvgIpc) is 2.68. The third-order valence-electron chi connectivity index (χ3n) is 4.28. The summed E-state index contributed by atoms with van der Waals surface area (Å²) in [4.78, 5) is 16.3. The van der Waals surface area contributed by atoms with Gasteiger partial charge in [-0.15, -0.1) is 0 Å². The van der Waals surface area contributed by atoms with E-state index in [2.05, 4.69) is 26.8 Å². The molecule has 5 nitrogen and oxygen atoms in total. The third-order valence-corrected chi connectivity index (χ3v) is 4.47. The van der Waals surface area contributed by atoms with Crippen LogP contribution in [0.25, 0.3) is 6.08 Å². The van der Waals surface area contributed by atoms with Crippen LogP contribution in [0.4, 0.5) is 0 Å². The summed E-state index contributed by atoms with van der Waals surface area (Å²) in [6.45, 7) is 0.870. The van der Waals surface area contributed by atoms with Crippen LogP contribution in [0.15, 0.2) is 60.9 Å². The van der Waals surface area contributed by atoms with Crippen LogP contribution in [0.5, 0.6) is 0 Å². The molecular formula is C20H22N4OS. The normalized spacial score (nSPS) is 17.8. The second-order valence-corrected chi connectivity index (χ2v) is 6.57. The second-order valence-electron chi connectivity index (χ2n) is 6.17. The zero-order chi connectivity index (χ0) is 18.2. The van der Waals surface area contributed by atoms with Gasteiger partial charge in [-0.05, 0) is 48.3 Å². The maximum Gasteiger partial charge on any atom is 0.250 e. The van der Waals surface area contributed by atoms with Gasteiger partial charge in [0.1, 0.15) is 0 Å². The van der Waals surface area contributed by atoms with Gasteiger partial charge >= 0.3 is 0 Å². The van der Waals surface area contributed by atoms with E-state index in [1.807, 2.05) is 42.6 Å². The van der Waals surface area contributed by atoms with Gasteiger partial charge in [-0.1, -0.05) is 42.8 Å². The molecule has 0 unspecified atom stereocenters. The van der Waals surface area contributed by atoms with Gasteiger partial charge in [0, 0.05) is 25.0 Å². The molecule has 1 aliphatic rings. The topological polar surface area (TPSA) is 57.3 Å². The molecule has 1 saturated heterocycles. The van der Waals surface area contributed by atoms with E-state index in [0.717, 1.165) is 36.9 Å². The fourth-order valence-electron chi connectivity index (χ4n) is 3.03. The molecule has 6 heteroatoms. The molecule has 26 heavy (non-hydrogen) atoms. The summed E-state index contributed by atoms with van der Waals surface area (Å²) in [5, 5.41) is 5.10. The molecule has 1 amide bonds. The van der Waals surface area contributed by atoms with Gasteiger partial charge in [-0.3, -0.25) is 20.5 Å². The third kappa shape index (κ3) is 5.21. The van der Waals surface area contributed by atoms with E-state index in [0.29, 0.717) is 5.11 Å². The van der Waals surface area contributed by atoms with Crippen molar-refractivity contribution in [2.24, 2.45) is 0 Å². The Morgan fingerprint density at radius 2 is 2.04 bits per heavy atom. The number of piperidine rings is 1. The Morgan fingerprint density at radius 3 is 2.81 bits per heavy atom. The predicted molar refractivity (Wildman–Crippen MR) is 107 cm³/mol. The van der Waals surface area contributed by atoms with Crippen LogP contribution in [0.2, 0.25) is 0 Å². The molecule has 1 atom stereocenters. The molecule has 1 fully saturated rings. The van der Waals surface area contributed by atoms with Crippen molar-refractivity contribution in [3.63, 3.8) is 0 Å². The van der Waals surface area contributed by atoms with Crippen molar-refractivity contribution < 1.29 is 4.79 Å². The van der Waals surface area contributed by atoms with Crippen LogP contribution >= 0.6 is 12.2 Å². The number of carbonyl (C=O) groups is 1. The fraction of sp³-hybridized carbons (Fsp3) is 0.250. The SMILES string of the molecule is O=C(C=Cc1ccccc1)NC(=S)NN1CCCC[C@@H]1c1cccnc1. The summed E-state index contributed by atoms with van der Waals surface area (Å²) in [6.07, 6.45) is 10.2. The van der Waals surface area contributed by atoms with Crippen molar-refractivity contribution in [3.05, 3.63) is 72.1 Å². The van der Waals surface area contributed by atoms with Crippen molar-refractivity contribution >= 4 is 29.3 Å². The molecule has 0 saturated carbocycles. The summed E-state index contributed by atoms with van der Waals surface area (Å²) in [6, 6.07) is 13.9. The van der Waals surface area contributed by atoms with E-state index in [4.69, 9.17) is 12.2 Å². The number of benzene rings is 1. The maximum atomic E-state index is 12.1. The highest BCUT2D eigenvalue weighted by Crippen LogP contribution is 2.28. The number of hydrogen-bond acceptors (Lipinski definition) is 4. The molecule has 0 bridgehead atoms. The standard InChI is InChI=1S/C20H22N4OS/c25-19(12-11-16-7-2-1-3-8-16)22-20(26)23-24-14-5-4-10-18(24)17-9-6-13-21-15-17/h1-3,6-9,11-13,15,18H,4-5,10,14H2,(H2,22,23,25,26)/t18-/m1/s1. The lowest BCUT2D eigenvalue weighted by molar-refractivity contribution is -0.115. The molecule has 0 aliphatic carbocycles. The van der Waals surface area contributed by atoms with Gasteiger partial charge in [0.2, 0.25) is 5.91 Å². The number of thiocarbonyl (C=S) groups is 1. The molecule has 0 spiro atoms. The maximum absolute atomic E-state index is 12.1. The number of carbonyl (C=O) groups excluding carboxylic acids is 1. The summed E-state index contributed by atoms with van der Waals surface area (Å²) < 4.78 is 0. The molecule has 1 aromatic heterocycles. The van der Waals surface area contributed by atoms with Crippen LogP contribution in [0.3, 0.4) is 0 Å². The molecule has 3 rings (SSSR count). The van der Waals surface area contributed by atoms with Crippen molar-refractivity contribution in [2.75, 3.05) is 6.54 Å². The first-order chi connectivity index (χ1) is 12.7. The quantitative estimate of drug-likeness (QED) is 0.643. The van der Waals surface area contributed by atoms with Gasteiger partial charge in [0.05, 0.1) is 6.04 Å². The van der Waals surface area contributed by atoms with Gasteiger partial charge in [0.15, 0.2) is 5.11 Å². The molecule has 2 N–H and O–H groups in total. The van der Waals surface area contributed by atoms with Gasteiger partial charge in [0.25, 0.3) is 0 Å². The Hall–Kier alpha value is -2.57. The highest BCUT2D eigenvalue weighted by Gasteiger charge is 2.24. The minimum atomic E-state index is -0.249. The van der Waals surface area contributed by atoms with Crippen LogP contribution < -0.4 is 10.7 Å². The van der Waals surface area contributed by atoms with E-state index < -0.39 is 0 Å². The highest BCUT2D eigenvalue weighted by molar-refractivity contribution is 7.80. The Labute approximate surface area is 159 Å². The van der Waals surface area contributed by atoms with Crippen LogP contribution in [-0.4, -0.2) is 27.6 Å². The van der Waals surface area contributed by atoms with Crippen molar-refractivity contribution in [1.82, 2.24) is 20.7 Å². The molecule has 1 aliphatic heterocycles. The van der Waals surface area contributed by atoms with Gasteiger partial charge in [-0.2, -0.15) is 0 Å². The first-order valence-corrected chi connectivity index (χ1v) is 9.14. The van der Waals surface area contributed by atoms with E-state index >= 15 is 0 Å². The van der Waals surface area contributed by atoms with Crippen molar-refractivity contribution in [3.8, 4) is 0 Å². The summed E-state index contributed by atoms with van der Waals surface area (Å²) in [5.74, 6) is -0.249. The highest BCUT2D eigenvalue weighted by atomic mass is 32.1. The minimum absolute atomic E-state index is 0.201. The van der Waals surface area contributed by atoms with Crippen molar-refractivity contribution in [2.45, 2.75) is 25.3 Å². The number of hydrazine groups is 1. The van der Waals surface area contributed by atoms with Crippen LogP contribution in [0.1, 0.15) is 36.4 Å². The number of aromatic nitrogens is 1. The number of rotatable bonds is 4. The zero-order valence-corrected chi connectivity index (χ0v) is 15.3. The largest absolute Gasteiger partial charge is 0.298 e. The Morgan fingerprint density at radius 1 is 1.19 bits per heavy atom. The summed E-state index contributed by atoms with van der Waals surface area (Å²) >= 11 is 5.31.